The standard InChI is InChI=1S/C16H15NO/c1-3-8-16(18)17(4-2)15-12-7-10-13-9-5-6-11-14(13)15/h5-12H,1,4H2,2H3. The Bertz CT molecular complexity index is 619. The van der Waals surface area contributed by atoms with Gasteiger partial charge in [0.1, 0.15) is 0 Å². The Morgan fingerprint density at radius 1 is 1.28 bits per heavy atom. The first kappa shape index (κ1) is 12.2. The summed E-state index contributed by atoms with van der Waals surface area (Å²) in [4.78, 5) is 13.7. The van der Waals surface area contributed by atoms with Crippen LogP contribution in [0.3, 0.4) is 0 Å². The molecule has 0 aliphatic rings. The zero-order valence-corrected chi connectivity index (χ0v) is 10.4. The van der Waals surface area contributed by atoms with E-state index >= 15 is 0 Å². The Kier molecular flexibility index (Phi) is 3.61. The molecule has 0 spiro atoms. The molecule has 0 aliphatic carbocycles. The van der Waals surface area contributed by atoms with Gasteiger partial charge in [0.25, 0.3) is 5.91 Å². The molecule has 2 heteroatoms. The molecule has 0 heterocycles. The summed E-state index contributed by atoms with van der Waals surface area (Å²) in [6, 6.07) is 14.0. The minimum absolute atomic E-state index is 0.0937. The predicted octanol–water partition coefficient (Wildman–Crippen LogP) is 3.53. The van der Waals surface area contributed by atoms with Crippen LogP contribution in [0.4, 0.5) is 5.69 Å². The van der Waals surface area contributed by atoms with E-state index in [0.717, 1.165) is 16.5 Å². The number of hydrogen-bond acceptors (Lipinski definition) is 1. The average Bonchev–Trinajstić information content (AvgIpc) is 2.40. The van der Waals surface area contributed by atoms with Crippen molar-refractivity contribution in [3.05, 3.63) is 60.9 Å². The van der Waals surface area contributed by atoms with Crippen molar-refractivity contribution in [1.82, 2.24) is 0 Å². The number of carbonyl (C=O) groups excluding carboxylic acids is 1. The molecule has 18 heavy (non-hydrogen) atoms. The quantitative estimate of drug-likeness (QED) is 0.590. The molecule has 0 unspecified atom stereocenters. The van der Waals surface area contributed by atoms with Crippen LogP contribution in [-0.2, 0) is 4.79 Å². The molecular formula is C16H15NO. The number of rotatable bonds is 3. The Morgan fingerprint density at radius 2 is 2.00 bits per heavy atom. The minimum Gasteiger partial charge on any atom is -0.308 e. The van der Waals surface area contributed by atoms with Crippen LogP contribution in [-0.4, -0.2) is 12.5 Å². The fraction of sp³-hybridized carbons (Fsp3) is 0.125. The molecule has 2 aromatic carbocycles. The fourth-order valence-electron chi connectivity index (χ4n) is 2.05. The molecule has 0 aliphatic heterocycles. The highest BCUT2D eigenvalue weighted by Gasteiger charge is 2.13. The SMILES string of the molecule is C=C=CC(=O)N(CC)c1cccc2ccccc12. The molecule has 0 saturated heterocycles. The van der Waals surface area contributed by atoms with Crippen LogP contribution >= 0.6 is 0 Å². The van der Waals surface area contributed by atoms with Crippen molar-refractivity contribution in [1.29, 1.82) is 0 Å². The summed E-state index contributed by atoms with van der Waals surface area (Å²) in [5.41, 5.74) is 3.46. The topological polar surface area (TPSA) is 20.3 Å². The molecule has 90 valence electrons. The maximum absolute atomic E-state index is 12.0. The van der Waals surface area contributed by atoms with Crippen molar-refractivity contribution in [2.45, 2.75) is 6.92 Å². The molecule has 0 radical (unpaired) electrons. The molecule has 0 saturated carbocycles. The van der Waals surface area contributed by atoms with Gasteiger partial charge in [0, 0.05) is 18.0 Å². The lowest BCUT2D eigenvalue weighted by atomic mass is 10.1. The van der Waals surface area contributed by atoms with Gasteiger partial charge in [-0.15, -0.1) is 5.73 Å². The number of benzene rings is 2. The molecular weight excluding hydrogens is 222 g/mol. The van der Waals surface area contributed by atoms with Gasteiger partial charge in [-0.1, -0.05) is 43.0 Å². The Hall–Kier alpha value is -2.31. The number of nitrogens with zero attached hydrogens (tertiary/aromatic N) is 1. The van der Waals surface area contributed by atoms with Gasteiger partial charge < -0.3 is 4.90 Å². The minimum atomic E-state index is -0.0937. The molecule has 2 aromatic rings. The van der Waals surface area contributed by atoms with Gasteiger partial charge in [-0.25, -0.2) is 0 Å². The van der Waals surface area contributed by atoms with Crippen LogP contribution in [0.5, 0.6) is 0 Å². The highest BCUT2D eigenvalue weighted by molar-refractivity contribution is 6.07. The van der Waals surface area contributed by atoms with Crippen molar-refractivity contribution >= 4 is 22.4 Å². The first-order valence-electron chi connectivity index (χ1n) is 5.93. The lowest BCUT2D eigenvalue weighted by Gasteiger charge is -2.20. The van der Waals surface area contributed by atoms with Gasteiger partial charge in [-0.2, -0.15) is 0 Å². The van der Waals surface area contributed by atoms with Crippen LogP contribution in [0.25, 0.3) is 10.8 Å². The summed E-state index contributed by atoms with van der Waals surface area (Å²) in [5.74, 6) is -0.0937. The monoisotopic (exact) mass is 237 g/mol. The van der Waals surface area contributed by atoms with Crippen LogP contribution in [0.15, 0.2) is 60.9 Å². The van der Waals surface area contributed by atoms with Crippen LogP contribution in [0, 0.1) is 0 Å². The van der Waals surface area contributed by atoms with Crippen LogP contribution < -0.4 is 4.90 Å². The highest BCUT2D eigenvalue weighted by atomic mass is 16.2. The predicted molar refractivity (Wildman–Crippen MR) is 75.7 cm³/mol. The Labute approximate surface area is 107 Å². The maximum atomic E-state index is 12.0. The summed E-state index contributed by atoms with van der Waals surface area (Å²) in [6.45, 7) is 6.02. The van der Waals surface area contributed by atoms with Crippen molar-refractivity contribution < 1.29 is 4.79 Å². The van der Waals surface area contributed by atoms with E-state index in [0.29, 0.717) is 6.54 Å². The smallest absolute Gasteiger partial charge is 0.258 e. The van der Waals surface area contributed by atoms with E-state index < -0.39 is 0 Å². The van der Waals surface area contributed by atoms with E-state index in [1.807, 2.05) is 49.4 Å². The van der Waals surface area contributed by atoms with E-state index in [-0.39, 0.29) is 5.91 Å². The molecule has 2 nitrogen and oxygen atoms in total. The average molecular weight is 237 g/mol. The van der Waals surface area contributed by atoms with Gasteiger partial charge in [-0.05, 0) is 18.4 Å². The van der Waals surface area contributed by atoms with Crippen LogP contribution in [0.1, 0.15) is 6.92 Å². The van der Waals surface area contributed by atoms with E-state index in [9.17, 15) is 4.79 Å². The highest BCUT2D eigenvalue weighted by Crippen LogP contribution is 2.26. The van der Waals surface area contributed by atoms with E-state index in [2.05, 4.69) is 12.3 Å². The number of likely N-dealkylation sites (N-methyl/N-ethyl adjacent to an activating group) is 1. The van der Waals surface area contributed by atoms with Gasteiger partial charge in [0.15, 0.2) is 0 Å². The molecule has 0 atom stereocenters. The fourth-order valence-corrected chi connectivity index (χ4v) is 2.05. The van der Waals surface area contributed by atoms with Crippen molar-refractivity contribution in [2.75, 3.05) is 11.4 Å². The number of fused-ring (bicyclic) bond motifs is 1. The van der Waals surface area contributed by atoms with Gasteiger partial charge in [0.05, 0.1) is 5.69 Å². The molecule has 0 bridgehead atoms. The molecule has 1 amide bonds. The normalized spacial score (nSPS) is 9.83. The third kappa shape index (κ3) is 2.20. The van der Waals surface area contributed by atoms with E-state index in [1.54, 1.807) is 4.90 Å². The van der Waals surface area contributed by atoms with Crippen molar-refractivity contribution in [3.63, 3.8) is 0 Å². The third-order valence-corrected chi connectivity index (χ3v) is 2.87. The summed E-state index contributed by atoms with van der Waals surface area (Å²) in [6.07, 6.45) is 1.37. The molecule has 0 N–H and O–H groups in total. The summed E-state index contributed by atoms with van der Waals surface area (Å²) in [7, 11) is 0. The lowest BCUT2D eigenvalue weighted by molar-refractivity contribution is -0.114. The number of anilines is 1. The van der Waals surface area contributed by atoms with Gasteiger partial charge in [0.2, 0.25) is 0 Å². The summed E-state index contributed by atoms with van der Waals surface area (Å²) >= 11 is 0. The first-order valence-corrected chi connectivity index (χ1v) is 5.93. The maximum Gasteiger partial charge on any atom is 0.258 e. The molecule has 0 fully saturated rings. The Morgan fingerprint density at radius 3 is 2.72 bits per heavy atom. The second-order valence-electron chi connectivity index (χ2n) is 3.93. The third-order valence-electron chi connectivity index (χ3n) is 2.87. The zero-order chi connectivity index (χ0) is 13.0. The number of hydrogen-bond donors (Lipinski definition) is 0. The zero-order valence-electron chi connectivity index (χ0n) is 10.4. The summed E-state index contributed by atoms with van der Waals surface area (Å²) in [5, 5.41) is 2.21. The van der Waals surface area contributed by atoms with Crippen molar-refractivity contribution in [3.8, 4) is 0 Å². The van der Waals surface area contributed by atoms with E-state index in [4.69, 9.17) is 0 Å². The Balaban J connectivity index is 2.58. The summed E-state index contributed by atoms with van der Waals surface area (Å²) < 4.78 is 0. The van der Waals surface area contributed by atoms with Crippen LogP contribution in [0.2, 0.25) is 0 Å². The largest absolute Gasteiger partial charge is 0.308 e. The van der Waals surface area contributed by atoms with Crippen molar-refractivity contribution in [2.24, 2.45) is 0 Å². The van der Waals surface area contributed by atoms with Gasteiger partial charge in [-0.3, -0.25) is 4.79 Å². The van der Waals surface area contributed by atoms with E-state index in [1.165, 1.54) is 6.08 Å². The second-order valence-corrected chi connectivity index (χ2v) is 3.93. The molecule has 2 rings (SSSR count). The number of carbonyl (C=O) groups is 1. The first-order chi connectivity index (χ1) is 8.77. The second kappa shape index (κ2) is 5.35. The number of amides is 1. The lowest BCUT2D eigenvalue weighted by Crippen LogP contribution is -2.28. The van der Waals surface area contributed by atoms with Gasteiger partial charge >= 0.3 is 0 Å². The molecule has 0 aromatic heterocycles.